The van der Waals surface area contributed by atoms with Gasteiger partial charge >= 0.3 is 5.69 Å². The molecule has 30 heavy (non-hydrogen) atoms. The molecule has 1 aromatic heterocycles. The molecule has 0 atom stereocenters. The predicted octanol–water partition coefficient (Wildman–Crippen LogP) is 4.12. The molecule has 0 saturated heterocycles. The first-order chi connectivity index (χ1) is 14.4. The van der Waals surface area contributed by atoms with Crippen LogP contribution in [0.25, 0.3) is 0 Å². The summed E-state index contributed by atoms with van der Waals surface area (Å²) in [5.41, 5.74) is 1.77. The lowest BCUT2D eigenvalue weighted by Crippen LogP contribution is -2.43. The number of rotatable bonds is 8. The summed E-state index contributed by atoms with van der Waals surface area (Å²) in [4.78, 5) is 25.3. The maximum atomic E-state index is 13.0. The lowest BCUT2D eigenvalue weighted by molar-refractivity contribution is 0.151. The van der Waals surface area contributed by atoms with Crippen molar-refractivity contribution in [1.82, 2.24) is 9.30 Å². The van der Waals surface area contributed by atoms with E-state index >= 15 is 0 Å². The maximum absolute atomic E-state index is 13.0. The summed E-state index contributed by atoms with van der Waals surface area (Å²) >= 11 is 0. The van der Waals surface area contributed by atoms with E-state index < -0.39 is 11.2 Å². The molecule has 1 N–H and O–H groups in total. The zero-order valence-corrected chi connectivity index (χ0v) is 17.3. The van der Waals surface area contributed by atoms with Crippen molar-refractivity contribution in [1.29, 1.82) is 0 Å². The van der Waals surface area contributed by atoms with Crippen molar-refractivity contribution in [3.05, 3.63) is 104 Å². The first-order valence-electron chi connectivity index (χ1n) is 10.2. The second-order valence-electron chi connectivity index (χ2n) is 7.81. The molecule has 0 amide bonds. The number of unbranched alkanes of at least 4 members (excludes halogenated alkanes) is 1. The SMILES string of the molecule is CC(C)c1c(Cc2ccccc2)n(CCCCc2ccc(F)cc2)c(=O)n(O)c1=O. The Balaban J connectivity index is 1.88. The van der Waals surface area contributed by atoms with Crippen LogP contribution in [0.4, 0.5) is 4.39 Å². The van der Waals surface area contributed by atoms with Crippen LogP contribution in [0, 0.1) is 5.82 Å². The van der Waals surface area contributed by atoms with Gasteiger partial charge in [0.25, 0.3) is 5.56 Å². The molecule has 0 aliphatic heterocycles. The lowest BCUT2D eigenvalue weighted by Gasteiger charge is -2.19. The summed E-state index contributed by atoms with van der Waals surface area (Å²) in [6, 6.07) is 16.1. The molecule has 0 radical (unpaired) electrons. The van der Waals surface area contributed by atoms with Crippen LogP contribution in [-0.2, 0) is 19.4 Å². The van der Waals surface area contributed by atoms with E-state index in [0.29, 0.717) is 30.6 Å². The van der Waals surface area contributed by atoms with Crippen LogP contribution in [0.3, 0.4) is 0 Å². The van der Waals surface area contributed by atoms with Gasteiger partial charge in [-0.05, 0) is 48.4 Å². The Hall–Kier alpha value is -3.15. The molecule has 158 valence electrons. The van der Waals surface area contributed by atoms with Crippen molar-refractivity contribution in [2.75, 3.05) is 0 Å². The van der Waals surface area contributed by atoms with Crippen molar-refractivity contribution in [2.24, 2.45) is 0 Å². The summed E-state index contributed by atoms with van der Waals surface area (Å²) in [5, 5.41) is 10.1. The second-order valence-corrected chi connectivity index (χ2v) is 7.81. The van der Waals surface area contributed by atoms with Crippen LogP contribution in [0.1, 0.15) is 55.0 Å². The van der Waals surface area contributed by atoms with E-state index in [1.807, 2.05) is 44.2 Å². The third kappa shape index (κ3) is 4.87. The van der Waals surface area contributed by atoms with Crippen molar-refractivity contribution in [3.8, 4) is 0 Å². The largest absolute Gasteiger partial charge is 0.421 e. The van der Waals surface area contributed by atoms with Gasteiger partial charge < -0.3 is 5.21 Å². The van der Waals surface area contributed by atoms with Crippen molar-refractivity contribution >= 4 is 0 Å². The fourth-order valence-electron chi connectivity index (χ4n) is 3.74. The quantitative estimate of drug-likeness (QED) is 0.449. The maximum Gasteiger partial charge on any atom is 0.364 e. The molecule has 0 fully saturated rings. The van der Waals surface area contributed by atoms with E-state index in [1.54, 1.807) is 12.1 Å². The number of hydrogen-bond donors (Lipinski definition) is 1. The van der Waals surface area contributed by atoms with Crippen LogP contribution in [-0.4, -0.2) is 14.5 Å². The molecule has 1 heterocycles. The zero-order valence-electron chi connectivity index (χ0n) is 17.3. The standard InChI is InChI=1S/C24H27FN2O3/c1-17(2)22-21(16-19-9-4-3-5-10-19)26(24(29)27(30)23(22)28)15-7-6-8-18-11-13-20(25)14-12-18/h3-5,9-14,17,30H,6-8,15-16H2,1-2H3. The third-order valence-corrected chi connectivity index (χ3v) is 5.27. The molecule has 0 unspecified atom stereocenters. The highest BCUT2D eigenvalue weighted by Crippen LogP contribution is 2.19. The van der Waals surface area contributed by atoms with Crippen LogP contribution in [0.2, 0.25) is 0 Å². The minimum absolute atomic E-state index is 0.138. The number of hydrogen-bond acceptors (Lipinski definition) is 3. The number of nitrogens with zero attached hydrogens (tertiary/aromatic N) is 2. The van der Waals surface area contributed by atoms with Crippen molar-refractivity contribution in [2.45, 2.75) is 52.0 Å². The van der Waals surface area contributed by atoms with Crippen LogP contribution < -0.4 is 11.2 Å². The first kappa shape index (κ1) is 21.6. The summed E-state index contributed by atoms with van der Waals surface area (Å²) in [6.07, 6.45) is 2.69. The van der Waals surface area contributed by atoms with Crippen molar-refractivity contribution in [3.63, 3.8) is 0 Å². The Morgan fingerprint density at radius 3 is 2.23 bits per heavy atom. The molecule has 0 saturated carbocycles. The number of benzene rings is 2. The van der Waals surface area contributed by atoms with Crippen LogP contribution >= 0.6 is 0 Å². The highest BCUT2D eigenvalue weighted by Gasteiger charge is 2.21. The van der Waals surface area contributed by atoms with Gasteiger partial charge in [-0.3, -0.25) is 9.36 Å². The van der Waals surface area contributed by atoms with E-state index in [0.717, 1.165) is 24.0 Å². The van der Waals surface area contributed by atoms with Gasteiger partial charge in [-0.2, -0.15) is 0 Å². The molecule has 5 nitrogen and oxygen atoms in total. The van der Waals surface area contributed by atoms with E-state index in [9.17, 15) is 19.2 Å². The minimum atomic E-state index is -0.711. The van der Waals surface area contributed by atoms with Gasteiger partial charge in [0.2, 0.25) is 0 Å². The average Bonchev–Trinajstić information content (AvgIpc) is 2.73. The molecule has 3 aromatic rings. The Morgan fingerprint density at radius 2 is 1.60 bits per heavy atom. The van der Waals surface area contributed by atoms with Crippen LogP contribution in [0.5, 0.6) is 0 Å². The van der Waals surface area contributed by atoms with Gasteiger partial charge in [0, 0.05) is 24.2 Å². The molecule has 2 aromatic carbocycles. The molecule has 0 aliphatic rings. The monoisotopic (exact) mass is 410 g/mol. The van der Waals surface area contributed by atoms with Crippen LogP contribution in [0.15, 0.2) is 64.2 Å². The van der Waals surface area contributed by atoms with E-state index in [4.69, 9.17) is 0 Å². The Kier molecular flexibility index (Phi) is 6.87. The topological polar surface area (TPSA) is 64.2 Å². The Bertz CT molecular complexity index is 1100. The fraction of sp³-hybridized carbons (Fsp3) is 0.333. The van der Waals surface area contributed by atoms with Crippen molar-refractivity contribution < 1.29 is 9.60 Å². The zero-order chi connectivity index (χ0) is 21.7. The molecular weight excluding hydrogens is 383 g/mol. The molecule has 6 heteroatoms. The predicted molar refractivity (Wildman–Crippen MR) is 115 cm³/mol. The molecule has 0 spiro atoms. The number of aryl methyl sites for hydroxylation is 1. The molecular formula is C24H27FN2O3. The average molecular weight is 410 g/mol. The van der Waals surface area contributed by atoms with Gasteiger partial charge in [-0.1, -0.05) is 61.0 Å². The summed E-state index contributed by atoms with van der Waals surface area (Å²) in [6.45, 7) is 4.16. The summed E-state index contributed by atoms with van der Waals surface area (Å²) in [7, 11) is 0. The Morgan fingerprint density at radius 1 is 0.933 bits per heavy atom. The summed E-state index contributed by atoms with van der Waals surface area (Å²) in [5.74, 6) is -0.400. The van der Waals surface area contributed by atoms with E-state index in [1.165, 1.54) is 16.7 Å². The molecule has 3 rings (SSSR count). The number of aromatic nitrogens is 2. The van der Waals surface area contributed by atoms with E-state index in [-0.39, 0.29) is 16.5 Å². The number of halogens is 1. The minimum Gasteiger partial charge on any atom is -0.421 e. The fourth-order valence-corrected chi connectivity index (χ4v) is 3.74. The Labute approximate surface area is 175 Å². The highest BCUT2D eigenvalue weighted by atomic mass is 19.1. The molecule has 0 aliphatic carbocycles. The van der Waals surface area contributed by atoms with Gasteiger partial charge in [0.15, 0.2) is 0 Å². The summed E-state index contributed by atoms with van der Waals surface area (Å²) < 4.78 is 14.8. The van der Waals surface area contributed by atoms with Gasteiger partial charge in [0.1, 0.15) is 5.82 Å². The smallest absolute Gasteiger partial charge is 0.364 e. The highest BCUT2D eigenvalue weighted by molar-refractivity contribution is 5.29. The second kappa shape index (κ2) is 9.57. The van der Waals surface area contributed by atoms with Gasteiger partial charge in [-0.15, -0.1) is 0 Å². The normalized spacial score (nSPS) is 11.2. The molecule has 0 bridgehead atoms. The lowest BCUT2D eigenvalue weighted by atomic mass is 9.97. The first-order valence-corrected chi connectivity index (χ1v) is 10.2. The van der Waals surface area contributed by atoms with E-state index in [2.05, 4.69) is 0 Å². The van der Waals surface area contributed by atoms with Gasteiger partial charge in [-0.25, -0.2) is 9.18 Å². The third-order valence-electron chi connectivity index (χ3n) is 5.27. The van der Waals surface area contributed by atoms with Gasteiger partial charge in [0.05, 0.1) is 0 Å².